The molecule has 2 aromatic rings. The molecule has 146 valence electrons. The van der Waals surface area contributed by atoms with Crippen LogP contribution >= 0.6 is 11.8 Å². The molecule has 9 heteroatoms. The summed E-state index contributed by atoms with van der Waals surface area (Å²) in [6.07, 6.45) is 0. The van der Waals surface area contributed by atoms with Gasteiger partial charge in [-0.3, -0.25) is 0 Å². The van der Waals surface area contributed by atoms with E-state index in [0.717, 1.165) is 5.56 Å². The number of aliphatic carboxylic acids is 1. The molecule has 2 atom stereocenters. The minimum absolute atomic E-state index is 0.0876. The van der Waals surface area contributed by atoms with Crippen LogP contribution in [0.25, 0.3) is 0 Å². The molecule has 0 unspecified atom stereocenters. The van der Waals surface area contributed by atoms with Gasteiger partial charge < -0.3 is 34.2 Å². The lowest BCUT2D eigenvalue weighted by atomic mass is 10.1. The summed E-state index contributed by atoms with van der Waals surface area (Å²) in [7, 11) is 1.48. The van der Waals surface area contributed by atoms with Crippen LogP contribution in [0.1, 0.15) is 21.3 Å². The smallest absolute Gasteiger partial charge is 0.343 e. The fourth-order valence-electron chi connectivity index (χ4n) is 3.01. The molecule has 28 heavy (non-hydrogen) atoms. The number of hydrogen-bond donors (Lipinski definition) is 1. The Balaban J connectivity index is 1.50. The van der Waals surface area contributed by atoms with E-state index in [-0.39, 0.29) is 17.9 Å². The standard InChI is InChI=1S/C19H17NO7S/c1-24-15-6-10(17-20-12(8-28-17)18(21)22)2-5-14(15)27-19(23)11-3-4-13-16(7-11)26-9-25-13/h2-7,12,17,20H,8-9H2,1H3,(H,21,22)/t12-,17-/m1/s1. The minimum Gasteiger partial charge on any atom is -0.544 e. The van der Waals surface area contributed by atoms with Gasteiger partial charge in [0.1, 0.15) is 12.0 Å². The number of carboxylic acid groups (broad SMARTS) is 1. The number of methoxy groups -OCH3 is 1. The van der Waals surface area contributed by atoms with Crippen LogP contribution in [0.3, 0.4) is 0 Å². The summed E-state index contributed by atoms with van der Waals surface area (Å²) in [5, 5.41) is 12.7. The molecule has 1 fully saturated rings. The summed E-state index contributed by atoms with van der Waals surface area (Å²) < 4.78 is 21.3. The second-order valence-electron chi connectivity index (χ2n) is 6.24. The predicted octanol–water partition coefficient (Wildman–Crippen LogP) is 0.0704. The van der Waals surface area contributed by atoms with Crippen LogP contribution in [-0.4, -0.2) is 37.6 Å². The lowest BCUT2D eigenvalue weighted by molar-refractivity contribution is -0.690. The number of fused-ring (bicyclic) bond motifs is 1. The van der Waals surface area contributed by atoms with Crippen LogP contribution in [0.4, 0.5) is 0 Å². The molecule has 1 saturated heterocycles. The zero-order chi connectivity index (χ0) is 19.7. The fraction of sp³-hybridized carbons (Fsp3) is 0.263. The number of thioether (sulfide) groups is 1. The maximum atomic E-state index is 12.5. The number of rotatable bonds is 5. The van der Waals surface area contributed by atoms with Gasteiger partial charge in [-0.2, -0.15) is 0 Å². The molecule has 0 aromatic heterocycles. The lowest BCUT2D eigenvalue weighted by Crippen LogP contribution is -2.90. The minimum atomic E-state index is -1.07. The zero-order valence-corrected chi connectivity index (χ0v) is 15.7. The highest BCUT2D eigenvalue weighted by Gasteiger charge is 2.31. The van der Waals surface area contributed by atoms with Gasteiger partial charge in [-0.05, 0) is 36.4 Å². The average molecular weight is 403 g/mol. The van der Waals surface area contributed by atoms with E-state index in [9.17, 15) is 14.7 Å². The number of hydrogen-bond acceptors (Lipinski definition) is 8. The molecule has 2 aromatic carbocycles. The van der Waals surface area contributed by atoms with Crippen LogP contribution in [0.5, 0.6) is 23.0 Å². The van der Waals surface area contributed by atoms with Crippen molar-refractivity contribution in [3.63, 3.8) is 0 Å². The first-order valence-corrected chi connectivity index (χ1v) is 9.57. The average Bonchev–Trinajstić information content (AvgIpc) is 3.37. The number of ether oxygens (including phenoxy) is 4. The van der Waals surface area contributed by atoms with Crippen LogP contribution in [-0.2, 0) is 4.79 Å². The van der Waals surface area contributed by atoms with Crippen molar-refractivity contribution in [3.05, 3.63) is 47.5 Å². The Morgan fingerprint density at radius 2 is 1.96 bits per heavy atom. The van der Waals surface area contributed by atoms with Crippen molar-refractivity contribution in [2.75, 3.05) is 19.7 Å². The van der Waals surface area contributed by atoms with Gasteiger partial charge in [0.05, 0.1) is 18.4 Å². The first-order chi connectivity index (χ1) is 13.5. The third-order valence-corrected chi connectivity index (χ3v) is 5.83. The van der Waals surface area contributed by atoms with Gasteiger partial charge in [-0.15, -0.1) is 0 Å². The largest absolute Gasteiger partial charge is 0.544 e. The SMILES string of the molecule is COc1cc([C@@H]2[NH2+][C@@H](C(=O)[O-])CS2)ccc1OC(=O)c1ccc2c(c1)OCO2. The first kappa shape index (κ1) is 18.5. The molecule has 0 saturated carbocycles. The van der Waals surface area contributed by atoms with Crippen molar-refractivity contribution in [1.29, 1.82) is 0 Å². The van der Waals surface area contributed by atoms with Crippen LogP contribution < -0.4 is 29.4 Å². The molecule has 2 aliphatic heterocycles. The third kappa shape index (κ3) is 3.58. The van der Waals surface area contributed by atoms with Crippen molar-refractivity contribution in [2.24, 2.45) is 0 Å². The lowest BCUT2D eigenvalue weighted by Gasteiger charge is -2.14. The molecule has 2 aliphatic rings. The van der Waals surface area contributed by atoms with Gasteiger partial charge in [-0.1, -0.05) is 11.8 Å². The molecule has 8 nitrogen and oxygen atoms in total. The predicted molar refractivity (Wildman–Crippen MR) is 96.4 cm³/mol. The van der Waals surface area contributed by atoms with Gasteiger partial charge in [0, 0.05) is 5.56 Å². The Morgan fingerprint density at radius 1 is 1.14 bits per heavy atom. The van der Waals surface area contributed by atoms with Crippen LogP contribution in [0, 0.1) is 0 Å². The maximum absolute atomic E-state index is 12.5. The molecule has 0 aliphatic carbocycles. The van der Waals surface area contributed by atoms with E-state index in [1.165, 1.54) is 18.9 Å². The summed E-state index contributed by atoms with van der Waals surface area (Å²) in [6, 6.07) is 9.41. The van der Waals surface area contributed by atoms with E-state index in [1.54, 1.807) is 41.7 Å². The Bertz CT molecular complexity index is 932. The topological polar surface area (TPSA) is 111 Å². The van der Waals surface area contributed by atoms with E-state index >= 15 is 0 Å². The number of carbonyl (C=O) groups excluding carboxylic acids is 2. The van der Waals surface area contributed by atoms with Crippen LogP contribution in [0.15, 0.2) is 36.4 Å². The van der Waals surface area contributed by atoms with E-state index in [4.69, 9.17) is 18.9 Å². The van der Waals surface area contributed by atoms with Crippen molar-refractivity contribution < 1.29 is 39.0 Å². The summed E-state index contributed by atoms with van der Waals surface area (Å²) in [4.78, 5) is 23.5. The third-order valence-electron chi connectivity index (χ3n) is 4.49. The van der Waals surface area contributed by atoms with Gasteiger partial charge in [0.2, 0.25) is 6.79 Å². The summed E-state index contributed by atoms with van der Waals surface area (Å²) in [5.41, 5.74) is 1.19. The first-order valence-electron chi connectivity index (χ1n) is 8.52. The Morgan fingerprint density at radius 3 is 2.71 bits per heavy atom. The fourth-order valence-corrected chi connectivity index (χ4v) is 4.31. The maximum Gasteiger partial charge on any atom is 0.343 e. The number of quaternary nitrogens is 1. The number of nitrogens with two attached hydrogens (primary N) is 1. The molecular formula is C19H17NO7S. The summed E-state index contributed by atoms with van der Waals surface area (Å²) in [5.74, 6) is 0.577. The van der Waals surface area contributed by atoms with Crippen molar-refractivity contribution in [1.82, 2.24) is 0 Å². The molecule has 0 bridgehead atoms. The second kappa shape index (κ2) is 7.61. The zero-order valence-electron chi connectivity index (χ0n) is 14.9. The molecular weight excluding hydrogens is 386 g/mol. The molecule has 2 heterocycles. The van der Waals surface area contributed by atoms with Gasteiger partial charge in [-0.25, -0.2) is 4.79 Å². The molecule has 2 N–H and O–H groups in total. The molecule has 0 radical (unpaired) electrons. The summed E-state index contributed by atoms with van der Waals surface area (Å²) >= 11 is 1.51. The van der Waals surface area contributed by atoms with Crippen LogP contribution in [0.2, 0.25) is 0 Å². The Labute approximate surface area is 164 Å². The molecule has 4 rings (SSSR count). The number of carboxylic acids is 1. The highest BCUT2D eigenvalue weighted by atomic mass is 32.2. The van der Waals surface area contributed by atoms with E-state index < -0.39 is 18.0 Å². The van der Waals surface area contributed by atoms with E-state index in [2.05, 4.69) is 0 Å². The van der Waals surface area contributed by atoms with Gasteiger partial charge in [0.25, 0.3) is 0 Å². The number of carbonyl (C=O) groups is 2. The highest BCUT2D eigenvalue weighted by molar-refractivity contribution is 7.99. The number of benzene rings is 2. The molecule has 0 amide bonds. The Kier molecular flexibility index (Phi) is 5.01. The second-order valence-corrected chi connectivity index (χ2v) is 7.41. The molecule has 0 spiro atoms. The highest BCUT2D eigenvalue weighted by Crippen LogP contribution is 2.36. The van der Waals surface area contributed by atoms with Gasteiger partial charge >= 0.3 is 5.97 Å². The van der Waals surface area contributed by atoms with Crippen molar-refractivity contribution >= 4 is 23.7 Å². The van der Waals surface area contributed by atoms with Gasteiger partial charge in [0.15, 0.2) is 28.4 Å². The Hall–Kier alpha value is -2.91. The normalized spacial score (nSPS) is 20.0. The van der Waals surface area contributed by atoms with E-state index in [1.807, 2.05) is 0 Å². The quantitative estimate of drug-likeness (QED) is 0.552. The van der Waals surface area contributed by atoms with Crippen molar-refractivity contribution in [2.45, 2.75) is 11.4 Å². The van der Waals surface area contributed by atoms with E-state index in [0.29, 0.717) is 28.6 Å². The van der Waals surface area contributed by atoms with Crippen molar-refractivity contribution in [3.8, 4) is 23.0 Å². The monoisotopic (exact) mass is 403 g/mol. The number of esters is 1. The summed E-state index contributed by atoms with van der Waals surface area (Å²) in [6.45, 7) is 0.123.